The maximum atomic E-state index is 14.7. The minimum absolute atomic E-state index is 0.0458. The van der Waals surface area contributed by atoms with Crippen LogP contribution in [-0.2, 0) is 11.3 Å². The zero-order valence-corrected chi connectivity index (χ0v) is 23.4. The third kappa shape index (κ3) is 7.21. The maximum absolute atomic E-state index is 14.7. The molecule has 3 aromatic rings. The lowest BCUT2D eigenvalue weighted by atomic mass is 9.84. The lowest BCUT2D eigenvalue weighted by molar-refractivity contribution is -0.145. The molecule has 0 saturated heterocycles. The van der Waals surface area contributed by atoms with E-state index in [1.54, 1.807) is 4.68 Å². The van der Waals surface area contributed by atoms with E-state index in [0.29, 0.717) is 5.82 Å². The molecule has 7 nitrogen and oxygen atoms in total. The number of aliphatic hydroxyl groups excluding tert-OH is 1. The molecular weight excluding hydrogens is 563 g/mol. The van der Waals surface area contributed by atoms with Crippen LogP contribution in [0.2, 0.25) is 0 Å². The Labute approximate surface area is 229 Å². The number of hydrogen-bond donors (Lipinski definition) is 2. The first-order valence-electron chi connectivity index (χ1n) is 12.3. The lowest BCUT2D eigenvalue weighted by Crippen LogP contribution is -2.47. The Morgan fingerprint density at radius 2 is 1.92 bits per heavy atom. The fraction of sp³-hybridized carbons (Fsp3) is 0.444. The number of benzene rings is 2. The predicted molar refractivity (Wildman–Crippen MR) is 143 cm³/mol. The normalized spacial score (nSPS) is 14.3. The van der Waals surface area contributed by atoms with Crippen LogP contribution in [0.4, 0.5) is 13.2 Å². The number of rotatable bonds is 10. The second-order valence-electron chi connectivity index (χ2n) is 10.4. The molecule has 206 valence electrons. The summed E-state index contributed by atoms with van der Waals surface area (Å²) in [6.45, 7) is 6.50. The maximum Gasteiger partial charge on any atom is 0.251 e. The topological polar surface area (TPSA) is 97.3 Å². The van der Waals surface area contributed by atoms with Gasteiger partial charge in [0.05, 0.1) is 18.2 Å². The molecule has 0 saturated carbocycles. The van der Waals surface area contributed by atoms with Crippen molar-refractivity contribution in [3.8, 4) is 11.4 Å². The van der Waals surface area contributed by atoms with Crippen molar-refractivity contribution in [3.05, 3.63) is 70.0 Å². The molecule has 3 atom stereocenters. The Kier molecular flexibility index (Phi) is 9.72. The van der Waals surface area contributed by atoms with Crippen LogP contribution < -0.4 is 5.73 Å². The van der Waals surface area contributed by atoms with Crippen LogP contribution in [0.5, 0.6) is 0 Å². The highest BCUT2D eigenvalue weighted by Crippen LogP contribution is 2.39. The Morgan fingerprint density at radius 3 is 2.53 bits per heavy atom. The number of carbonyl (C=O) groups is 1. The summed E-state index contributed by atoms with van der Waals surface area (Å²) in [5.41, 5.74) is 5.87. The van der Waals surface area contributed by atoms with E-state index in [0.717, 1.165) is 28.2 Å². The molecule has 1 heterocycles. The number of nitrogens with two attached hydrogens (primary N) is 1. The largest absolute Gasteiger partial charge is 0.384 e. The summed E-state index contributed by atoms with van der Waals surface area (Å²) in [5, 5.41) is 14.8. The van der Waals surface area contributed by atoms with Crippen molar-refractivity contribution in [2.45, 2.75) is 58.8 Å². The average Bonchev–Trinajstić information content (AvgIpc) is 3.23. The molecule has 11 heteroatoms. The van der Waals surface area contributed by atoms with E-state index in [4.69, 9.17) is 5.73 Å². The number of nitrogens with zero attached hydrogens (tertiary/aromatic N) is 4. The highest BCUT2D eigenvalue weighted by atomic mass is 79.9. The monoisotopic (exact) mass is 595 g/mol. The summed E-state index contributed by atoms with van der Waals surface area (Å²) in [7, 11) is 0. The molecule has 0 fully saturated rings. The SMILES string of the molecule is C[C@H](O)C(=O)N(CC[C@H](N)CF)[C@@H](c1nc(-c2cc(F)ccc2F)nn1Cc1cccc(Br)c1)C(C)(C)C. The van der Waals surface area contributed by atoms with Crippen molar-refractivity contribution in [1.29, 1.82) is 0 Å². The fourth-order valence-corrected chi connectivity index (χ4v) is 4.69. The van der Waals surface area contributed by atoms with Crippen LogP contribution >= 0.6 is 15.9 Å². The van der Waals surface area contributed by atoms with E-state index in [1.165, 1.54) is 11.8 Å². The van der Waals surface area contributed by atoms with Gasteiger partial charge in [-0.1, -0.05) is 48.8 Å². The van der Waals surface area contributed by atoms with Crippen LogP contribution in [0, 0.1) is 17.0 Å². The van der Waals surface area contributed by atoms with Gasteiger partial charge in [0, 0.05) is 17.1 Å². The zero-order valence-electron chi connectivity index (χ0n) is 21.8. The summed E-state index contributed by atoms with van der Waals surface area (Å²) in [6, 6.07) is 8.94. The second-order valence-corrected chi connectivity index (χ2v) is 11.3. The first-order valence-corrected chi connectivity index (χ1v) is 13.1. The molecule has 38 heavy (non-hydrogen) atoms. The summed E-state index contributed by atoms with van der Waals surface area (Å²) < 4.78 is 44.4. The molecule has 3 rings (SSSR count). The van der Waals surface area contributed by atoms with E-state index >= 15 is 0 Å². The van der Waals surface area contributed by atoms with Gasteiger partial charge >= 0.3 is 0 Å². The van der Waals surface area contributed by atoms with E-state index in [2.05, 4.69) is 26.0 Å². The van der Waals surface area contributed by atoms with Crippen LogP contribution in [0.3, 0.4) is 0 Å². The van der Waals surface area contributed by atoms with Gasteiger partial charge in [0.25, 0.3) is 5.91 Å². The van der Waals surface area contributed by atoms with E-state index in [9.17, 15) is 23.1 Å². The molecule has 0 aliphatic heterocycles. The van der Waals surface area contributed by atoms with Gasteiger partial charge < -0.3 is 15.7 Å². The van der Waals surface area contributed by atoms with E-state index < -0.39 is 47.8 Å². The minimum atomic E-state index is -1.34. The van der Waals surface area contributed by atoms with Crippen molar-refractivity contribution < 1.29 is 23.1 Å². The third-order valence-corrected chi connectivity index (χ3v) is 6.54. The number of carbonyl (C=O) groups excluding carboxylic acids is 1. The van der Waals surface area contributed by atoms with E-state index in [-0.39, 0.29) is 30.9 Å². The molecule has 1 aromatic heterocycles. The quantitative estimate of drug-likeness (QED) is 0.343. The van der Waals surface area contributed by atoms with Gasteiger partial charge in [-0.25, -0.2) is 22.8 Å². The Balaban J connectivity index is 2.22. The van der Waals surface area contributed by atoms with Crippen molar-refractivity contribution in [3.63, 3.8) is 0 Å². The first kappa shape index (κ1) is 29.8. The molecule has 0 radical (unpaired) electrons. The molecule has 0 unspecified atom stereocenters. The zero-order chi connectivity index (χ0) is 28.2. The van der Waals surface area contributed by atoms with Gasteiger partial charge in [-0.15, -0.1) is 0 Å². The van der Waals surface area contributed by atoms with Gasteiger partial charge in [-0.2, -0.15) is 5.10 Å². The molecule has 1 amide bonds. The highest BCUT2D eigenvalue weighted by Gasteiger charge is 2.40. The third-order valence-electron chi connectivity index (χ3n) is 6.05. The number of aromatic nitrogens is 3. The molecule has 0 spiro atoms. The number of amides is 1. The number of alkyl halides is 1. The molecular formula is C27H33BrF3N5O2. The second kappa shape index (κ2) is 12.4. The lowest BCUT2D eigenvalue weighted by Gasteiger charge is -2.40. The van der Waals surface area contributed by atoms with Crippen LogP contribution in [-0.4, -0.2) is 56.0 Å². The number of aliphatic hydroxyl groups is 1. The Morgan fingerprint density at radius 1 is 1.21 bits per heavy atom. The van der Waals surface area contributed by atoms with Crippen LogP contribution in [0.1, 0.15) is 51.5 Å². The molecule has 0 bridgehead atoms. The standard InChI is InChI=1S/C27H33BrF3N5O2/c1-16(37)26(38)35(11-10-20(32)14-29)23(27(2,3)4)25-33-24(21-13-19(30)8-9-22(21)31)34-36(25)15-17-6-5-7-18(28)12-17/h5-9,12-13,16,20,23,37H,10-11,14-15,32H2,1-4H3/t16-,20-,23-/m0/s1. The average molecular weight is 596 g/mol. The van der Waals surface area contributed by atoms with Gasteiger partial charge in [0.1, 0.15) is 24.4 Å². The van der Waals surface area contributed by atoms with Gasteiger partial charge in [0.2, 0.25) is 0 Å². The van der Waals surface area contributed by atoms with E-state index in [1.807, 2.05) is 45.0 Å². The molecule has 0 aliphatic carbocycles. The first-order chi connectivity index (χ1) is 17.8. The van der Waals surface area contributed by atoms with Crippen molar-refractivity contribution >= 4 is 21.8 Å². The van der Waals surface area contributed by atoms with Gasteiger partial charge in [-0.05, 0) is 54.7 Å². The summed E-state index contributed by atoms with van der Waals surface area (Å²) in [4.78, 5) is 19.3. The fourth-order valence-electron chi connectivity index (χ4n) is 4.25. The van der Waals surface area contributed by atoms with Crippen LogP contribution in [0.15, 0.2) is 46.9 Å². The molecule has 0 aliphatic rings. The predicted octanol–water partition coefficient (Wildman–Crippen LogP) is 5.02. The highest BCUT2D eigenvalue weighted by molar-refractivity contribution is 9.10. The van der Waals surface area contributed by atoms with Gasteiger partial charge in [-0.3, -0.25) is 4.79 Å². The number of hydrogen-bond acceptors (Lipinski definition) is 5. The summed E-state index contributed by atoms with van der Waals surface area (Å²) in [6.07, 6.45) is -1.20. The Hall–Kier alpha value is -2.76. The van der Waals surface area contributed by atoms with Gasteiger partial charge in [0.15, 0.2) is 11.6 Å². The van der Waals surface area contributed by atoms with Crippen molar-refractivity contribution in [2.75, 3.05) is 13.2 Å². The Bertz CT molecular complexity index is 1260. The van der Waals surface area contributed by atoms with Crippen LogP contribution in [0.25, 0.3) is 11.4 Å². The van der Waals surface area contributed by atoms with Crippen molar-refractivity contribution in [2.24, 2.45) is 11.1 Å². The summed E-state index contributed by atoms with van der Waals surface area (Å²) >= 11 is 3.45. The number of halogens is 4. The minimum Gasteiger partial charge on any atom is -0.384 e. The van der Waals surface area contributed by atoms with Crippen molar-refractivity contribution in [1.82, 2.24) is 19.7 Å². The molecule has 3 N–H and O–H groups in total. The summed E-state index contributed by atoms with van der Waals surface area (Å²) in [5.74, 6) is -1.68. The smallest absolute Gasteiger partial charge is 0.251 e. The molecule has 2 aromatic carbocycles.